The van der Waals surface area contributed by atoms with Crippen LogP contribution in [0, 0.1) is 5.92 Å². The minimum atomic E-state index is -1.56. The first-order valence-corrected chi connectivity index (χ1v) is 17.7. The van der Waals surface area contributed by atoms with E-state index in [1.807, 2.05) is 117 Å². The van der Waals surface area contributed by atoms with Crippen molar-refractivity contribution in [2.75, 3.05) is 0 Å². The molecule has 276 valence electrons. The molecule has 0 saturated heterocycles. The van der Waals surface area contributed by atoms with Gasteiger partial charge in [-0.05, 0) is 39.8 Å². The van der Waals surface area contributed by atoms with Crippen LogP contribution in [-0.2, 0) is 45.1 Å². The number of nitrogens with one attached hydrogen (secondary N) is 5. The highest BCUT2D eigenvalue weighted by molar-refractivity contribution is 5.93. The van der Waals surface area contributed by atoms with E-state index in [4.69, 9.17) is 4.74 Å². The maximum absolute atomic E-state index is 14.2. The number of carbonyl (C=O) groups is 4. The van der Waals surface area contributed by atoms with Gasteiger partial charge < -0.3 is 36.1 Å². The Bertz CT molecular complexity index is 1930. The number of hydrogen-bond acceptors (Lipinski definition) is 7. The second-order valence-corrected chi connectivity index (χ2v) is 13.3. The zero-order chi connectivity index (χ0) is 37.6. The number of imidazole rings is 1. The van der Waals surface area contributed by atoms with Crippen molar-refractivity contribution in [3.05, 3.63) is 138 Å². The number of carbonyl (C=O) groups excluding carboxylic acids is 4. The van der Waals surface area contributed by atoms with Crippen LogP contribution < -0.4 is 21.3 Å². The van der Waals surface area contributed by atoms with Gasteiger partial charge in [-0.1, -0.05) is 117 Å². The van der Waals surface area contributed by atoms with Gasteiger partial charge in [0, 0.05) is 25.6 Å². The Labute approximate surface area is 308 Å². The highest BCUT2D eigenvalue weighted by Gasteiger charge is 2.33. The number of aromatic amines is 1. The van der Waals surface area contributed by atoms with Gasteiger partial charge in [0.2, 0.25) is 11.8 Å². The van der Waals surface area contributed by atoms with Gasteiger partial charge in [0.1, 0.15) is 18.7 Å². The molecule has 5 aromatic rings. The van der Waals surface area contributed by atoms with Gasteiger partial charge in [0.25, 0.3) is 5.91 Å². The Morgan fingerprint density at radius 2 is 1.38 bits per heavy atom. The Balaban J connectivity index is 1.35. The number of alkyl carbamates (subject to hydrolysis) is 1. The maximum atomic E-state index is 14.2. The smallest absolute Gasteiger partial charge is 0.408 e. The number of nitrogens with zero attached hydrogens (tertiary/aromatic N) is 1. The van der Waals surface area contributed by atoms with Gasteiger partial charge in [0.05, 0.1) is 18.1 Å². The molecule has 0 aliphatic heterocycles. The van der Waals surface area contributed by atoms with E-state index in [9.17, 15) is 24.3 Å². The lowest BCUT2D eigenvalue weighted by Crippen LogP contribution is -2.58. The monoisotopic (exact) mass is 718 g/mol. The van der Waals surface area contributed by atoms with Gasteiger partial charge in [-0.25, -0.2) is 9.78 Å². The lowest BCUT2D eigenvalue weighted by molar-refractivity contribution is -0.134. The minimum absolute atomic E-state index is 0.00202. The standard InChI is InChI=1S/C41H46N6O6/c1-27(2)20-34(37(48)40(51)43-23-28-12-5-3-6-13-28)45-39(50)36(22-32-24-42-26-44-32)46-38(49)35(47-41(52)53-25-29-14-7-4-8-15-29)21-31-18-11-17-30-16-9-10-19-33(30)31/h3-19,24,26-27,34-37,48H,20-23,25H2,1-2H3,(H,42,44)(H,43,51)(H,45,50)(H,46,49)(H,47,52)/t34-,35-,36+,37-/m0/s1. The molecule has 4 atom stereocenters. The first-order valence-electron chi connectivity index (χ1n) is 17.7. The molecular weight excluding hydrogens is 672 g/mol. The van der Waals surface area contributed by atoms with Gasteiger partial charge in [-0.15, -0.1) is 0 Å². The third-order valence-electron chi connectivity index (χ3n) is 8.74. The third kappa shape index (κ3) is 11.5. The molecule has 5 rings (SSSR count). The summed E-state index contributed by atoms with van der Waals surface area (Å²) in [5.41, 5.74) is 2.93. The van der Waals surface area contributed by atoms with Gasteiger partial charge in [0.15, 0.2) is 6.10 Å². The number of rotatable bonds is 17. The molecule has 1 heterocycles. The number of hydrogen-bond donors (Lipinski definition) is 6. The zero-order valence-corrected chi connectivity index (χ0v) is 29.8. The zero-order valence-electron chi connectivity index (χ0n) is 29.8. The highest BCUT2D eigenvalue weighted by Crippen LogP contribution is 2.20. The number of aliphatic hydroxyl groups is 1. The fourth-order valence-electron chi connectivity index (χ4n) is 6.03. The average molecular weight is 719 g/mol. The second kappa shape index (κ2) is 19.0. The number of benzene rings is 4. The number of aliphatic hydroxyl groups excluding tert-OH is 1. The molecule has 0 aliphatic carbocycles. The van der Waals surface area contributed by atoms with Gasteiger partial charge in [-0.3, -0.25) is 14.4 Å². The van der Waals surface area contributed by atoms with Crippen molar-refractivity contribution in [3.8, 4) is 0 Å². The Hall–Kier alpha value is -6.01. The van der Waals surface area contributed by atoms with E-state index >= 15 is 0 Å². The third-order valence-corrected chi connectivity index (χ3v) is 8.74. The summed E-state index contributed by atoms with van der Waals surface area (Å²) in [6.45, 7) is 4.03. The normalized spacial score (nSPS) is 13.4. The van der Waals surface area contributed by atoms with Crippen LogP contribution in [0.2, 0.25) is 0 Å². The van der Waals surface area contributed by atoms with E-state index in [0.29, 0.717) is 5.69 Å². The molecule has 0 bridgehead atoms. The second-order valence-electron chi connectivity index (χ2n) is 13.3. The summed E-state index contributed by atoms with van der Waals surface area (Å²) < 4.78 is 5.47. The minimum Gasteiger partial charge on any atom is -0.445 e. The van der Waals surface area contributed by atoms with Crippen LogP contribution in [0.1, 0.15) is 42.7 Å². The van der Waals surface area contributed by atoms with E-state index in [1.54, 1.807) is 6.20 Å². The van der Waals surface area contributed by atoms with E-state index in [2.05, 4.69) is 31.2 Å². The fraction of sp³-hybridized carbons (Fsp3) is 0.293. The largest absolute Gasteiger partial charge is 0.445 e. The summed E-state index contributed by atoms with van der Waals surface area (Å²) >= 11 is 0. The lowest BCUT2D eigenvalue weighted by atomic mass is 9.97. The van der Waals surface area contributed by atoms with Gasteiger partial charge in [-0.2, -0.15) is 0 Å². The number of aromatic nitrogens is 2. The average Bonchev–Trinajstić information content (AvgIpc) is 3.69. The van der Waals surface area contributed by atoms with Crippen molar-refractivity contribution in [1.29, 1.82) is 0 Å². The van der Waals surface area contributed by atoms with Crippen molar-refractivity contribution < 1.29 is 29.0 Å². The summed E-state index contributed by atoms with van der Waals surface area (Å²) in [5, 5.41) is 24.1. The van der Waals surface area contributed by atoms with Crippen LogP contribution in [0.3, 0.4) is 0 Å². The molecule has 0 radical (unpaired) electrons. The predicted molar refractivity (Wildman–Crippen MR) is 201 cm³/mol. The predicted octanol–water partition coefficient (Wildman–Crippen LogP) is 4.34. The van der Waals surface area contributed by atoms with Crippen molar-refractivity contribution >= 4 is 34.6 Å². The summed E-state index contributed by atoms with van der Waals surface area (Å²) in [5.74, 6) is -1.89. The highest BCUT2D eigenvalue weighted by atomic mass is 16.5. The topological polar surface area (TPSA) is 175 Å². The Morgan fingerprint density at radius 3 is 2.08 bits per heavy atom. The van der Waals surface area contributed by atoms with Crippen molar-refractivity contribution in [2.24, 2.45) is 5.92 Å². The molecule has 53 heavy (non-hydrogen) atoms. The summed E-state index contributed by atoms with van der Waals surface area (Å²) in [6.07, 6.45) is 1.08. The Morgan fingerprint density at radius 1 is 0.736 bits per heavy atom. The first kappa shape index (κ1) is 38.2. The molecule has 0 saturated carbocycles. The lowest BCUT2D eigenvalue weighted by Gasteiger charge is -2.28. The molecule has 0 fully saturated rings. The Kier molecular flexibility index (Phi) is 13.7. The first-order chi connectivity index (χ1) is 25.7. The molecule has 1 aromatic heterocycles. The molecule has 4 amide bonds. The van der Waals surface area contributed by atoms with E-state index in [0.717, 1.165) is 27.5 Å². The van der Waals surface area contributed by atoms with E-state index in [1.165, 1.54) is 6.33 Å². The summed E-state index contributed by atoms with van der Waals surface area (Å²) in [7, 11) is 0. The molecular formula is C41H46N6O6. The van der Waals surface area contributed by atoms with E-state index in [-0.39, 0.29) is 38.3 Å². The summed E-state index contributed by atoms with van der Waals surface area (Å²) in [4.78, 5) is 61.5. The van der Waals surface area contributed by atoms with Crippen molar-refractivity contribution in [3.63, 3.8) is 0 Å². The van der Waals surface area contributed by atoms with Crippen LogP contribution in [0.15, 0.2) is 116 Å². The molecule has 6 N–H and O–H groups in total. The maximum Gasteiger partial charge on any atom is 0.408 e. The van der Waals surface area contributed by atoms with Crippen molar-refractivity contribution in [1.82, 2.24) is 31.2 Å². The molecule has 12 nitrogen and oxygen atoms in total. The SMILES string of the molecule is CC(C)C[C@H](NC(=O)[C@@H](Cc1c[nH]cn1)NC(=O)[C@H](Cc1cccc2ccccc12)NC(=O)OCc1ccccc1)[C@H](O)C(=O)NCc1ccccc1. The van der Waals surface area contributed by atoms with E-state index < -0.39 is 48.0 Å². The molecule has 4 aromatic carbocycles. The van der Waals surface area contributed by atoms with Crippen LogP contribution in [0.4, 0.5) is 4.79 Å². The van der Waals surface area contributed by atoms with Crippen LogP contribution in [-0.4, -0.2) is 63.1 Å². The fourth-order valence-corrected chi connectivity index (χ4v) is 6.03. The number of H-pyrrole nitrogens is 1. The molecule has 12 heteroatoms. The van der Waals surface area contributed by atoms with Crippen LogP contribution in [0.25, 0.3) is 10.8 Å². The quantitative estimate of drug-likeness (QED) is 0.0830. The molecule has 0 unspecified atom stereocenters. The molecule has 0 aliphatic rings. The van der Waals surface area contributed by atoms with Crippen molar-refractivity contribution in [2.45, 2.75) is 70.5 Å². The summed E-state index contributed by atoms with van der Waals surface area (Å²) in [6, 6.07) is 28.6. The molecule has 0 spiro atoms. The van der Waals surface area contributed by atoms with Crippen LogP contribution in [0.5, 0.6) is 0 Å². The number of fused-ring (bicyclic) bond motifs is 1. The number of amides is 4. The van der Waals surface area contributed by atoms with Crippen LogP contribution >= 0.6 is 0 Å². The van der Waals surface area contributed by atoms with Gasteiger partial charge >= 0.3 is 6.09 Å². The number of ether oxygens (including phenoxy) is 1.